The average molecular weight is 359 g/mol. The second-order valence-electron chi connectivity index (χ2n) is 6.86. The Bertz CT molecular complexity index is 703. The Morgan fingerprint density at radius 1 is 1.13 bits per heavy atom. The highest BCUT2D eigenvalue weighted by molar-refractivity contribution is 7.89. The van der Waals surface area contributed by atoms with E-state index in [1.165, 1.54) is 10.4 Å². The molecule has 0 radical (unpaired) electrons. The Labute approximate surface area is 143 Å². The zero-order valence-electron chi connectivity index (χ0n) is 14.0. The quantitative estimate of drug-likeness (QED) is 0.816. The zero-order valence-corrected chi connectivity index (χ0v) is 15.5. The van der Waals surface area contributed by atoms with Crippen LogP contribution in [0.3, 0.4) is 0 Å². The van der Waals surface area contributed by atoms with Crippen molar-refractivity contribution < 1.29 is 13.2 Å². The smallest absolute Gasteiger partial charge is 0.243 e. The monoisotopic (exact) mass is 358 g/mol. The molecule has 1 aliphatic heterocycles. The molecule has 0 spiro atoms. The molecule has 0 saturated carbocycles. The maximum Gasteiger partial charge on any atom is 0.243 e. The molecular weight excluding hydrogens is 336 g/mol. The van der Waals surface area contributed by atoms with Crippen LogP contribution in [0.5, 0.6) is 0 Å². The van der Waals surface area contributed by atoms with E-state index in [1.54, 1.807) is 17.0 Å². The van der Waals surface area contributed by atoms with E-state index >= 15 is 0 Å². The Hall–Kier alpha value is -1.11. The fourth-order valence-corrected chi connectivity index (χ4v) is 4.18. The molecule has 5 nitrogen and oxygen atoms in total. The fraction of sp³-hybridized carbons (Fsp3) is 0.562. The van der Waals surface area contributed by atoms with E-state index in [4.69, 9.17) is 11.6 Å². The topological polar surface area (TPSA) is 57.7 Å². The van der Waals surface area contributed by atoms with Gasteiger partial charge in [0.1, 0.15) is 0 Å². The van der Waals surface area contributed by atoms with E-state index in [2.05, 4.69) is 0 Å². The first kappa shape index (κ1) is 18.2. The van der Waals surface area contributed by atoms with E-state index in [0.717, 1.165) is 5.56 Å². The molecular formula is C16H23ClN2O3S. The van der Waals surface area contributed by atoms with Crippen LogP contribution >= 0.6 is 11.6 Å². The number of carbonyl (C=O) groups is 1. The molecule has 1 saturated heterocycles. The SMILES string of the molecule is Cc1ccc(S(=O)(=O)N2CCN(C(=O)C(C)(C)C)CC2)cc1Cl. The first-order valence-corrected chi connectivity index (χ1v) is 9.41. The number of benzene rings is 1. The summed E-state index contributed by atoms with van der Waals surface area (Å²) in [5.41, 5.74) is 0.386. The van der Waals surface area contributed by atoms with Crippen molar-refractivity contribution in [1.29, 1.82) is 0 Å². The molecule has 2 rings (SSSR count). The Morgan fingerprint density at radius 2 is 1.70 bits per heavy atom. The van der Waals surface area contributed by atoms with Gasteiger partial charge in [-0.1, -0.05) is 38.4 Å². The van der Waals surface area contributed by atoms with Gasteiger partial charge >= 0.3 is 0 Å². The normalized spacial score (nSPS) is 17.3. The van der Waals surface area contributed by atoms with Gasteiger partial charge in [-0.15, -0.1) is 0 Å². The number of sulfonamides is 1. The summed E-state index contributed by atoms with van der Waals surface area (Å²) in [6.07, 6.45) is 0. The van der Waals surface area contributed by atoms with Gasteiger partial charge in [-0.3, -0.25) is 4.79 Å². The number of hydrogen-bond donors (Lipinski definition) is 0. The van der Waals surface area contributed by atoms with Gasteiger partial charge < -0.3 is 4.90 Å². The van der Waals surface area contributed by atoms with Gasteiger partial charge in [0.25, 0.3) is 0 Å². The molecule has 1 aromatic carbocycles. The molecule has 1 aromatic rings. The highest BCUT2D eigenvalue weighted by atomic mass is 35.5. The number of hydrogen-bond acceptors (Lipinski definition) is 3. The van der Waals surface area contributed by atoms with Crippen LogP contribution in [0.25, 0.3) is 0 Å². The fourth-order valence-electron chi connectivity index (χ4n) is 2.49. The van der Waals surface area contributed by atoms with Crippen LogP contribution in [0.2, 0.25) is 5.02 Å². The Balaban J connectivity index is 2.12. The molecule has 1 heterocycles. The number of piperazine rings is 1. The van der Waals surface area contributed by atoms with Crippen LogP contribution in [-0.4, -0.2) is 49.7 Å². The minimum absolute atomic E-state index is 0.0490. The first-order chi connectivity index (χ1) is 10.5. The maximum atomic E-state index is 12.7. The molecule has 0 aliphatic carbocycles. The van der Waals surface area contributed by atoms with Crippen molar-refractivity contribution in [2.75, 3.05) is 26.2 Å². The summed E-state index contributed by atoms with van der Waals surface area (Å²) in [7, 11) is -3.57. The summed E-state index contributed by atoms with van der Waals surface area (Å²) >= 11 is 6.04. The lowest BCUT2D eigenvalue weighted by Crippen LogP contribution is -2.52. The van der Waals surface area contributed by atoms with Crippen molar-refractivity contribution in [3.8, 4) is 0 Å². The van der Waals surface area contributed by atoms with Crippen molar-refractivity contribution >= 4 is 27.5 Å². The molecule has 0 N–H and O–H groups in total. The number of nitrogens with zero attached hydrogens (tertiary/aromatic N) is 2. The summed E-state index contributed by atoms with van der Waals surface area (Å²) in [5.74, 6) is 0.0490. The third-order valence-corrected chi connectivity index (χ3v) is 6.25. The van der Waals surface area contributed by atoms with Crippen molar-refractivity contribution in [1.82, 2.24) is 9.21 Å². The number of carbonyl (C=O) groups excluding carboxylic acids is 1. The lowest BCUT2D eigenvalue weighted by molar-refractivity contribution is -0.140. The molecule has 7 heteroatoms. The molecule has 0 bridgehead atoms. The molecule has 0 unspecified atom stereocenters. The van der Waals surface area contributed by atoms with Gasteiger partial charge in [0.2, 0.25) is 15.9 Å². The van der Waals surface area contributed by atoms with E-state index < -0.39 is 15.4 Å². The summed E-state index contributed by atoms with van der Waals surface area (Å²) in [6.45, 7) is 8.86. The Morgan fingerprint density at radius 3 is 2.17 bits per heavy atom. The molecule has 1 fully saturated rings. The van der Waals surface area contributed by atoms with Gasteiger partial charge in [0.15, 0.2) is 0 Å². The minimum Gasteiger partial charge on any atom is -0.340 e. The first-order valence-electron chi connectivity index (χ1n) is 7.59. The van der Waals surface area contributed by atoms with Crippen LogP contribution in [0.15, 0.2) is 23.1 Å². The molecule has 0 aromatic heterocycles. The summed E-state index contributed by atoms with van der Waals surface area (Å²) in [6, 6.07) is 4.76. The average Bonchev–Trinajstić information content (AvgIpc) is 2.48. The van der Waals surface area contributed by atoms with E-state index in [9.17, 15) is 13.2 Å². The van der Waals surface area contributed by atoms with Crippen LogP contribution in [0.1, 0.15) is 26.3 Å². The molecule has 128 valence electrons. The van der Waals surface area contributed by atoms with Gasteiger partial charge in [-0.05, 0) is 24.6 Å². The summed E-state index contributed by atoms with van der Waals surface area (Å²) < 4.78 is 26.8. The van der Waals surface area contributed by atoms with Crippen molar-refractivity contribution in [3.63, 3.8) is 0 Å². The second-order valence-corrected chi connectivity index (χ2v) is 9.20. The molecule has 1 aliphatic rings. The van der Waals surface area contributed by atoms with Gasteiger partial charge in [-0.2, -0.15) is 4.31 Å². The van der Waals surface area contributed by atoms with E-state index in [-0.39, 0.29) is 10.8 Å². The number of halogens is 1. The Kier molecular flexibility index (Phi) is 5.09. The largest absolute Gasteiger partial charge is 0.340 e. The molecule has 0 atom stereocenters. The van der Waals surface area contributed by atoms with Crippen molar-refractivity contribution in [3.05, 3.63) is 28.8 Å². The van der Waals surface area contributed by atoms with Crippen LogP contribution in [0, 0.1) is 12.3 Å². The summed E-state index contributed by atoms with van der Waals surface area (Å²) in [5, 5.41) is 0.438. The predicted molar refractivity (Wildman–Crippen MR) is 91.0 cm³/mol. The number of amides is 1. The standard InChI is InChI=1S/C16H23ClN2O3S/c1-12-5-6-13(11-14(12)17)23(21,22)19-9-7-18(8-10-19)15(20)16(2,3)4/h5-6,11H,7-10H2,1-4H3. The van der Waals surface area contributed by atoms with Crippen molar-refractivity contribution in [2.24, 2.45) is 5.41 Å². The summed E-state index contributed by atoms with van der Waals surface area (Å²) in [4.78, 5) is 14.2. The minimum atomic E-state index is -3.57. The van der Waals surface area contributed by atoms with Crippen LogP contribution in [-0.2, 0) is 14.8 Å². The number of aryl methyl sites for hydroxylation is 1. The molecule has 1 amide bonds. The van der Waals surface area contributed by atoms with Crippen molar-refractivity contribution in [2.45, 2.75) is 32.6 Å². The highest BCUT2D eigenvalue weighted by Crippen LogP contribution is 2.24. The lowest BCUT2D eigenvalue weighted by Gasteiger charge is -2.37. The molecule has 23 heavy (non-hydrogen) atoms. The lowest BCUT2D eigenvalue weighted by atomic mass is 9.94. The van der Waals surface area contributed by atoms with Gasteiger partial charge in [0.05, 0.1) is 4.90 Å². The predicted octanol–water partition coefficient (Wildman–Crippen LogP) is 2.53. The highest BCUT2D eigenvalue weighted by Gasteiger charge is 2.33. The zero-order chi connectivity index (χ0) is 17.4. The van der Waals surface area contributed by atoms with E-state index in [1.807, 2.05) is 27.7 Å². The maximum absolute atomic E-state index is 12.7. The van der Waals surface area contributed by atoms with E-state index in [0.29, 0.717) is 31.2 Å². The van der Waals surface area contributed by atoms with Crippen LogP contribution < -0.4 is 0 Å². The van der Waals surface area contributed by atoms with Crippen LogP contribution in [0.4, 0.5) is 0 Å². The third-order valence-electron chi connectivity index (χ3n) is 3.95. The van der Waals surface area contributed by atoms with Gasteiger partial charge in [-0.25, -0.2) is 8.42 Å². The third kappa shape index (κ3) is 3.87. The van der Waals surface area contributed by atoms with Gasteiger partial charge in [0, 0.05) is 36.6 Å². The number of rotatable bonds is 2. The second kappa shape index (κ2) is 6.42.